The Labute approximate surface area is 135 Å². The van der Waals surface area contributed by atoms with E-state index in [1.807, 2.05) is 18.3 Å². The van der Waals surface area contributed by atoms with E-state index in [1.165, 1.54) is 11.3 Å². The van der Waals surface area contributed by atoms with Crippen molar-refractivity contribution in [3.63, 3.8) is 0 Å². The average molecular weight is 348 g/mol. The van der Waals surface area contributed by atoms with E-state index in [1.54, 1.807) is 0 Å². The Kier molecular flexibility index (Phi) is 5.76. The van der Waals surface area contributed by atoms with Crippen LogP contribution >= 0.6 is 15.9 Å². The maximum Gasteiger partial charge on any atom is 0.0598 e. The molecule has 1 aromatic heterocycles. The van der Waals surface area contributed by atoms with Crippen LogP contribution in [0, 0.1) is 0 Å². The number of aromatic nitrogens is 1. The van der Waals surface area contributed by atoms with Gasteiger partial charge in [-0.1, -0.05) is 41.9 Å². The standard InChI is InChI=1S/C17H22BrN3/c1-13(2)20-11-14-7-8-15(18)10-17(14)21(3)12-16-6-4-5-9-19-16/h4-10,13,20H,11-12H2,1-3H3. The topological polar surface area (TPSA) is 28.2 Å². The van der Waals surface area contributed by atoms with E-state index >= 15 is 0 Å². The summed E-state index contributed by atoms with van der Waals surface area (Å²) in [6, 6.07) is 12.9. The molecule has 21 heavy (non-hydrogen) atoms. The zero-order valence-electron chi connectivity index (χ0n) is 12.8. The number of pyridine rings is 1. The predicted octanol–water partition coefficient (Wildman–Crippen LogP) is 3.98. The number of hydrogen-bond donors (Lipinski definition) is 1. The summed E-state index contributed by atoms with van der Waals surface area (Å²) in [7, 11) is 2.11. The minimum atomic E-state index is 0.475. The van der Waals surface area contributed by atoms with E-state index in [-0.39, 0.29) is 0 Å². The fraction of sp³-hybridized carbons (Fsp3) is 0.353. The first-order chi connectivity index (χ1) is 10.1. The van der Waals surface area contributed by atoms with Crippen LogP contribution in [0.3, 0.4) is 0 Å². The van der Waals surface area contributed by atoms with Crippen molar-refractivity contribution >= 4 is 21.6 Å². The SMILES string of the molecule is CC(C)NCc1ccc(Br)cc1N(C)Cc1ccccn1. The molecule has 1 heterocycles. The van der Waals surface area contributed by atoms with Crippen LogP contribution in [0.1, 0.15) is 25.1 Å². The summed E-state index contributed by atoms with van der Waals surface area (Å²) < 4.78 is 1.10. The van der Waals surface area contributed by atoms with Crippen LogP contribution in [-0.4, -0.2) is 18.1 Å². The molecule has 1 aromatic carbocycles. The summed E-state index contributed by atoms with van der Waals surface area (Å²) in [4.78, 5) is 6.64. The normalized spacial score (nSPS) is 10.9. The summed E-state index contributed by atoms with van der Waals surface area (Å²) >= 11 is 3.57. The largest absolute Gasteiger partial charge is 0.368 e. The molecule has 0 amide bonds. The zero-order valence-corrected chi connectivity index (χ0v) is 14.4. The van der Waals surface area contributed by atoms with Gasteiger partial charge in [0.2, 0.25) is 0 Å². The van der Waals surface area contributed by atoms with Crippen molar-refractivity contribution in [3.8, 4) is 0 Å². The third kappa shape index (κ3) is 4.83. The lowest BCUT2D eigenvalue weighted by atomic mass is 10.1. The molecule has 0 fully saturated rings. The predicted molar refractivity (Wildman–Crippen MR) is 92.5 cm³/mol. The lowest BCUT2D eigenvalue weighted by Gasteiger charge is -2.23. The second-order valence-corrected chi connectivity index (χ2v) is 6.40. The number of nitrogens with one attached hydrogen (secondary N) is 1. The van der Waals surface area contributed by atoms with Gasteiger partial charge >= 0.3 is 0 Å². The molecule has 0 spiro atoms. The second-order valence-electron chi connectivity index (χ2n) is 5.49. The van der Waals surface area contributed by atoms with E-state index in [0.29, 0.717) is 6.04 Å². The summed E-state index contributed by atoms with van der Waals surface area (Å²) in [5.41, 5.74) is 3.59. The first-order valence-electron chi connectivity index (χ1n) is 7.19. The molecule has 0 radical (unpaired) electrons. The monoisotopic (exact) mass is 347 g/mol. The molecule has 4 heteroatoms. The van der Waals surface area contributed by atoms with E-state index in [2.05, 4.69) is 76.3 Å². The Bertz CT molecular complexity index is 570. The van der Waals surface area contributed by atoms with Crippen LogP contribution in [0.4, 0.5) is 5.69 Å². The smallest absolute Gasteiger partial charge is 0.0598 e. The average Bonchev–Trinajstić information content (AvgIpc) is 2.46. The molecular formula is C17H22BrN3. The third-order valence-corrected chi connectivity index (χ3v) is 3.78. The molecule has 112 valence electrons. The molecule has 0 aliphatic rings. The van der Waals surface area contributed by atoms with Crippen molar-refractivity contribution in [1.82, 2.24) is 10.3 Å². The first-order valence-corrected chi connectivity index (χ1v) is 7.98. The van der Waals surface area contributed by atoms with Gasteiger partial charge in [0.05, 0.1) is 12.2 Å². The van der Waals surface area contributed by atoms with Crippen LogP contribution in [0.2, 0.25) is 0 Å². The molecule has 1 N–H and O–H groups in total. The van der Waals surface area contributed by atoms with Crippen molar-refractivity contribution in [2.75, 3.05) is 11.9 Å². The van der Waals surface area contributed by atoms with Crippen LogP contribution in [0.5, 0.6) is 0 Å². The highest BCUT2D eigenvalue weighted by Gasteiger charge is 2.10. The molecule has 0 saturated carbocycles. The molecule has 0 unspecified atom stereocenters. The van der Waals surface area contributed by atoms with Crippen LogP contribution in [-0.2, 0) is 13.1 Å². The number of nitrogens with zero attached hydrogens (tertiary/aromatic N) is 2. The minimum Gasteiger partial charge on any atom is -0.368 e. The van der Waals surface area contributed by atoms with Crippen molar-refractivity contribution in [3.05, 3.63) is 58.3 Å². The number of benzene rings is 1. The summed E-state index contributed by atoms with van der Waals surface area (Å²) in [5, 5.41) is 3.48. The molecule has 2 rings (SSSR count). The molecule has 0 saturated heterocycles. The van der Waals surface area contributed by atoms with Gasteiger partial charge in [0.15, 0.2) is 0 Å². The van der Waals surface area contributed by atoms with Crippen molar-refractivity contribution in [2.45, 2.75) is 33.0 Å². The fourth-order valence-electron chi connectivity index (χ4n) is 2.18. The van der Waals surface area contributed by atoms with Gasteiger partial charge in [-0.25, -0.2) is 0 Å². The Morgan fingerprint density at radius 3 is 2.71 bits per heavy atom. The van der Waals surface area contributed by atoms with Crippen LogP contribution in [0.15, 0.2) is 47.1 Å². The molecular weight excluding hydrogens is 326 g/mol. The van der Waals surface area contributed by atoms with Gasteiger partial charge in [0.1, 0.15) is 0 Å². The van der Waals surface area contributed by atoms with E-state index in [4.69, 9.17) is 0 Å². The number of rotatable bonds is 6. The summed E-state index contributed by atoms with van der Waals surface area (Å²) in [6.45, 7) is 5.99. The summed E-state index contributed by atoms with van der Waals surface area (Å²) in [5.74, 6) is 0. The van der Waals surface area contributed by atoms with Gasteiger partial charge < -0.3 is 10.2 Å². The maximum atomic E-state index is 4.40. The Hall–Kier alpha value is -1.39. The lowest BCUT2D eigenvalue weighted by molar-refractivity contribution is 0.588. The maximum absolute atomic E-state index is 4.40. The second kappa shape index (κ2) is 7.57. The van der Waals surface area contributed by atoms with Crippen LogP contribution in [0.25, 0.3) is 0 Å². The highest BCUT2D eigenvalue weighted by molar-refractivity contribution is 9.10. The molecule has 2 aromatic rings. The van der Waals surface area contributed by atoms with Gasteiger partial charge in [-0.3, -0.25) is 4.98 Å². The summed E-state index contributed by atoms with van der Waals surface area (Å²) in [6.07, 6.45) is 1.84. The first kappa shape index (κ1) is 16.0. The van der Waals surface area contributed by atoms with Crippen molar-refractivity contribution in [2.24, 2.45) is 0 Å². The Morgan fingerprint density at radius 2 is 2.05 bits per heavy atom. The van der Waals surface area contributed by atoms with Gasteiger partial charge in [-0.05, 0) is 29.8 Å². The highest BCUT2D eigenvalue weighted by atomic mass is 79.9. The zero-order chi connectivity index (χ0) is 15.2. The minimum absolute atomic E-state index is 0.475. The Balaban J connectivity index is 2.18. The lowest BCUT2D eigenvalue weighted by Crippen LogP contribution is -2.24. The highest BCUT2D eigenvalue weighted by Crippen LogP contribution is 2.25. The third-order valence-electron chi connectivity index (χ3n) is 3.28. The van der Waals surface area contributed by atoms with Gasteiger partial charge in [0, 0.05) is 36.0 Å². The van der Waals surface area contributed by atoms with E-state index in [0.717, 1.165) is 23.3 Å². The Morgan fingerprint density at radius 1 is 1.24 bits per heavy atom. The van der Waals surface area contributed by atoms with E-state index < -0.39 is 0 Å². The van der Waals surface area contributed by atoms with E-state index in [9.17, 15) is 0 Å². The molecule has 0 aliphatic carbocycles. The van der Waals surface area contributed by atoms with Gasteiger partial charge in [-0.15, -0.1) is 0 Å². The molecule has 3 nitrogen and oxygen atoms in total. The number of hydrogen-bond acceptors (Lipinski definition) is 3. The molecule has 0 aliphatic heterocycles. The number of halogens is 1. The quantitative estimate of drug-likeness (QED) is 0.856. The fourth-order valence-corrected chi connectivity index (χ4v) is 2.52. The number of anilines is 1. The van der Waals surface area contributed by atoms with Crippen molar-refractivity contribution < 1.29 is 0 Å². The van der Waals surface area contributed by atoms with Gasteiger partial charge in [-0.2, -0.15) is 0 Å². The van der Waals surface area contributed by atoms with Crippen LogP contribution < -0.4 is 10.2 Å². The van der Waals surface area contributed by atoms with Gasteiger partial charge in [0.25, 0.3) is 0 Å². The van der Waals surface area contributed by atoms with Crippen molar-refractivity contribution in [1.29, 1.82) is 0 Å². The molecule has 0 atom stereocenters. The molecule has 0 bridgehead atoms.